The molecule has 6 heteroatoms. The molecule has 0 aliphatic carbocycles. The van der Waals surface area contributed by atoms with Crippen LogP contribution in [0, 0.1) is 12.8 Å². The van der Waals surface area contributed by atoms with E-state index in [1.807, 2.05) is 25.1 Å². The fourth-order valence-corrected chi connectivity index (χ4v) is 2.11. The first kappa shape index (κ1) is 14.7. The third-order valence-electron chi connectivity index (χ3n) is 2.69. The van der Waals surface area contributed by atoms with Gasteiger partial charge in [-0.15, -0.1) is 5.10 Å². The number of aromatic nitrogens is 3. The standard InChI is InChI=1S/C14H18BrN5/c1-9(2)7-16-13-8-17-20-14(19-13)18-12-5-4-11(15)6-10(12)3/h4-6,8-9H,7H2,1-3H3,(H2,16,18,19,20). The lowest BCUT2D eigenvalue weighted by Crippen LogP contribution is -2.11. The second-order valence-corrected chi connectivity index (χ2v) is 5.94. The van der Waals surface area contributed by atoms with E-state index in [1.165, 1.54) is 0 Å². The Morgan fingerprint density at radius 3 is 2.80 bits per heavy atom. The minimum atomic E-state index is 0.490. The van der Waals surface area contributed by atoms with Crippen molar-refractivity contribution in [2.75, 3.05) is 17.2 Å². The Bertz CT molecular complexity index is 586. The van der Waals surface area contributed by atoms with Crippen LogP contribution in [0.2, 0.25) is 0 Å². The van der Waals surface area contributed by atoms with E-state index in [2.05, 4.69) is 55.6 Å². The van der Waals surface area contributed by atoms with Crippen LogP contribution in [0.1, 0.15) is 19.4 Å². The van der Waals surface area contributed by atoms with E-state index in [9.17, 15) is 0 Å². The Morgan fingerprint density at radius 2 is 2.10 bits per heavy atom. The van der Waals surface area contributed by atoms with Gasteiger partial charge in [0.05, 0.1) is 6.20 Å². The predicted octanol–water partition coefficient (Wildman–Crippen LogP) is 3.75. The summed E-state index contributed by atoms with van der Waals surface area (Å²) in [7, 11) is 0. The first-order valence-corrected chi connectivity index (χ1v) is 7.30. The summed E-state index contributed by atoms with van der Waals surface area (Å²) in [5, 5.41) is 14.4. The van der Waals surface area contributed by atoms with Gasteiger partial charge in [0.25, 0.3) is 0 Å². The van der Waals surface area contributed by atoms with E-state index in [4.69, 9.17) is 0 Å². The van der Waals surface area contributed by atoms with Gasteiger partial charge in [-0.05, 0) is 36.6 Å². The third-order valence-corrected chi connectivity index (χ3v) is 3.18. The summed E-state index contributed by atoms with van der Waals surface area (Å²) in [6.45, 7) is 7.18. The average molecular weight is 336 g/mol. The number of halogens is 1. The summed E-state index contributed by atoms with van der Waals surface area (Å²) in [4.78, 5) is 4.40. The van der Waals surface area contributed by atoms with Crippen LogP contribution < -0.4 is 10.6 Å². The smallest absolute Gasteiger partial charge is 0.249 e. The number of nitrogens with one attached hydrogen (secondary N) is 2. The lowest BCUT2D eigenvalue weighted by molar-refractivity contribution is 0.686. The monoisotopic (exact) mass is 335 g/mol. The zero-order chi connectivity index (χ0) is 14.5. The molecule has 0 saturated carbocycles. The van der Waals surface area contributed by atoms with Gasteiger partial charge in [0.15, 0.2) is 5.82 Å². The summed E-state index contributed by atoms with van der Waals surface area (Å²) in [5.74, 6) is 1.77. The van der Waals surface area contributed by atoms with Gasteiger partial charge >= 0.3 is 0 Å². The molecule has 0 bridgehead atoms. The molecular formula is C14H18BrN5. The molecule has 20 heavy (non-hydrogen) atoms. The Balaban J connectivity index is 2.11. The number of rotatable bonds is 5. The fraction of sp³-hybridized carbons (Fsp3) is 0.357. The van der Waals surface area contributed by atoms with Gasteiger partial charge < -0.3 is 10.6 Å². The molecule has 0 aliphatic heterocycles. The first-order chi connectivity index (χ1) is 9.54. The normalized spacial score (nSPS) is 10.7. The molecule has 0 atom stereocenters. The molecule has 0 fully saturated rings. The predicted molar refractivity (Wildman–Crippen MR) is 85.3 cm³/mol. The van der Waals surface area contributed by atoms with Crippen LogP contribution in [0.3, 0.4) is 0 Å². The maximum Gasteiger partial charge on any atom is 0.249 e. The van der Waals surface area contributed by atoms with Crippen LogP contribution >= 0.6 is 15.9 Å². The molecule has 0 spiro atoms. The summed E-state index contributed by atoms with van der Waals surface area (Å²) < 4.78 is 1.05. The number of benzene rings is 1. The van der Waals surface area contributed by atoms with Crippen molar-refractivity contribution in [1.82, 2.24) is 15.2 Å². The molecule has 1 heterocycles. The molecule has 0 unspecified atom stereocenters. The van der Waals surface area contributed by atoms with Crippen LogP contribution in [0.4, 0.5) is 17.5 Å². The van der Waals surface area contributed by atoms with E-state index in [1.54, 1.807) is 6.20 Å². The molecule has 5 nitrogen and oxygen atoms in total. The molecule has 1 aromatic heterocycles. The molecule has 0 aliphatic rings. The molecular weight excluding hydrogens is 318 g/mol. The van der Waals surface area contributed by atoms with Crippen molar-refractivity contribution in [1.29, 1.82) is 0 Å². The molecule has 2 rings (SSSR count). The maximum atomic E-state index is 4.40. The molecule has 0 amide bonds. The van der Waals surface area contributed by atoms with E-state index in [-0.39, 0.29) is 0 Å². The van der Waals surface area contributed by atoms with Gasteiger partial charge in [-0.3, -0.25) is 0 Å². The van der Waals surface area contributed by atoms with Crippen LogP contribution in [-0.4, -0.2) is 21.7 Å². The topological polar surface area (TPSA) is 62.7 Å². The fourth-order valence-electron chi connectivity index (χ4n) is 1.64. The molecule has 0 saturated heterocycles. The van der Waals surface area contributed by atoms with E-state index in [0.29, 0.717) is 11.9 Å². The van der Waals surface area contributed by atoms with Crippen molar-refractivity contribution in [3.63, 3.8) is 0 Å². The highest BCUT2D eigenvalue weighted by molar-refractivity contribution is 9.10. The SMILES string of the molecule is Cc1cc(Br)ccc1Nc1nncc(NCC(C)C)n1. The Hall–Kier alpha value is -1.69. The van der Waals surface area contributed by atoms with Gasteiger partial charge in [-0.2, -0.15) is 10.1 Å². The average Bonchev–Trinajstić information content (AvgIpc) is 2.40. The van der Waals surface area contributed by atoms with E-state index in [0.717, 1.165) is 28.1 Å². The minimum Gasteiger partial charge on any atom is -0.368 e. The quantitative estimate of drug-likeness (QED) is 0.871. The van der Waals surface area contributed by atoms with Crippen molar-refractivity contribution < 1.29 is 0 Å². The van der Waals surface area contributed by atoms with Crippen molar-refractivity contribution >= 4 is 33.4 Å². The largest absolute Gasteiger partial charge is 0.368 e. The molecule has 106 valence electrons. The second-order valence-electron chi connectivity index (χ2n) is 5.02. The summed E-state index contributed by atoms with van der Waals surface area (Å²) in [5.41, 5.74) is 2.08. The zero-order valence-electron chi connectivity index (χ0n) is 11.8. The molecule has 0 radical (unpaired) electrons. The van der Waals surface area contributed by atoms with Crippen molar-refractivity contribution in [3.05, 3.63) is 34.4 Å². The van der Waals surface area contributed by atoms with E-state index < -0.39 is 0 Å². The summed E-state index contributed by atoms with van der Waals surface area (Å²) in [6.07, 6.45) is 1.63. The second kappa shape index (κ2) is 6.65. The number of aryl methyl sites for hydroxylation is 1. The highest BCUT2D eigenvalue weighted by atomic mass is 79.9. The Labute approximate surface area is 127 Å². The van der Waals surface area contributed by atoms with Gasteiger partial charge in [0.2, 0.25) is 5.95 Å². The highest BCUT2D eigenvalue weighted by Crippen LogP contribution is 2.22. The molecule has 2 N–H and O–H groups in total. The van der Waals surface area contributed by atoms with Crippen LogP contribution in [0.15, 0.2) is 28.9 Å². The van der Waals surface area contributed by atoms with Gasteiger partial charge in [0, 0.05) is 16.7 Å². The zero-order valence-corrected chi connectivity index (χ0v) is 13.4. The first-order valence-electron chi connectivity index (χ1n) is 6.51. The molecule has 2 aromatic rings. The van der Waals surface area contributed by atoms with Crippen LogP contribution in [0.25, 0.3) is 0 Å². The summed E-state index contributed by atoms with van der Waals surface area (Å²) >= 11 is 3.45. The lowest BCUT2D eigenvalue weighted by atomic mass is 10.2. The Morgan fingerprint density at radius 1 is 1.30 bits per heavy atom. The number of nitrogens with zero attached hydrogens (tertiary/aromatic N) is 3. The number of hydrogen-bond donors (Lipinski definition) is 2. The maximum absolute atomic E-state index is 4.40. The molecule has 1 aromatic carbocycles. The number of hydrogen-bond acceptors (Lipinski definition) is 5. The minimum absolute atomic E-state index is 0.490. The van der Waals surface area contributed by atoms with Crippen molar-refractivity contribution in [3.8, 4) is 0 Å². The van der Waals surface area contributed by atoms with Crippen LogP contribution in [-0.2, 0) is 0 Å². The highest BCUT2D eigenvalue weighted by Gasteiger charge is 2.04. The van der Waals surface area contributed by atoms with E-state index >= 15 is 0 Å². The Kier molecular flexibility index (Phi) is 4.89. The van der Waals surface area contributed by atoms with Gasteiger partial charge in [-0.1, -0.05) is 29.8 Å². The van der Waals surface area contributed by atoms with Gasteiger partial charge in [-0.25, -0.2) is 0 Å². The lowest BCUT2D eigenvalue weighted by Gasteiger charge is -2.10. The third kappa shape index (κ3) is 4.16. The van der Waals surface area contributed by atoms with Crippen molar-refractivity contribution in [2.45, 2.75) is 20.8 Å². The van der Waals surface area contributed by atoms with Gasteiger partial charge in [0.1, 0.15) is 0 Å². The number of anilines is 3. The van der Waals surface area contributed by atoms with Crippen molar-refractivity contribution in [2.24, 2.45) is 5.92 Å². The van der Waals surface area contributed by atoms with Crippen LogP contribution in [0.5, 0.6) is 0 Å². The summed E-state index contributed by atoms with van der Waals surface area (Å²) in [6, 6.07) is 6.00.